The van der Waals surface area contributed by atoms with Gasteiger partial charge in [-0.15, -0.1) is 0 Å². The number of aromatic nitrogens is 2. The lowest BCUT2D eigenvalue weighted by Gasteiger charge is -2.60. The number of hydrogen-bond acceptors (Lipinski definition) is 3. The van der Waals surface area contributed by atoms with E-state index in [9.17, 15) is 10.2 Å². The second-order valence-corrected chi connectivity index (χ2v) is 11.5. The topological polar surface area (TPSA) is 58.3 Å². The molecule has 1 aromatic heterocycles. The molecule has 0 bridgehead atoms. The molecule has 0 amide bonds. The maximum atomic E-state index is 11.5. The van der Waals surface area contributed by atoms with Crippen LogP contribution in [0.1, 0.15) is 83.4 Å². The monoisotopic (exact) mass is 412 g/mol. The van der Waals surface area contributed by atoms with Crippen molar-refractivity contribution in [3.05, 3.63) is 23.0 Å². The van der Waals surface area contributed by atoms with Gasteiger partial charge in [-0.1, -0.05) is 13.8 Å². The van der Waals surface area contributed by atoms with Crippen LogP contribution in [0, 0.1) is 41.4 Å². The van der Waals surface area contributed by atoms with Gasteiger partial charge < -0.3 is 10.2 Å². The van der Waals surface area contributed by atoms with Crippen molar-refractivity contribution >= 4 is 6.08 Å². The van der Waals surface area contributed by atoms with E-state index in [1.165, 1.54) is 36.8 Å². The van der Waals surface area contributed by atoms with E-state index in [0.717, 1.165) is 49.8 Å². The first-order valence-electron chi connectivity index (χ1n) is 12.4. The van der Waals surface area contributed by atoms with Gasteiger partial charge in [-0.05, 0) is 106 Å². The van der Waals surface area contributed by atoms with Crippen LogP contribution in [0.5, 0.6) is 0 Å². The van der Waals surface area contributed by atoms with Crippen LogP contribution in [-0.4, -0.2) is 32.2 Å². The van der Waals surface area contributed by atoms with Gasteiger partial charge in [0.05, 0.1) is 17.9 Å². The van der Waals surface area contributed by atoms with Crippen molar-refractivity contribution in [2.45, 2.75) is 97.8 Å². The highest BCUT2D eigenvalue weighted by Crippen LogP contribution is 2.67. The minimum Gasteiger partial charge on any atom is -0.393 e. The molecular formula is C26H40N2O2. The molecule has 0 saturated heterocycles. The first-order valence-corrected chi connectivity index (χ1v) is 12.4. The summed E-state index contributed by atoms with van der Waals surface area (Å²) >= 11 is 0. The molecule has 8 atom stereocenters. The normalized spacial score (nSPS) is 47.1. The van der Waals surface area contributed by atoms with E-state index in [1.54, 1.807) is 0 Å². The molecule has 166 valence electrons. The Labute approximate surface area is 181 Å². The smallest absolute Gasteiger partial charge is 0.0809 e. The summed E-state index contributed by atoms with van der Waals surface area (Å²) in [6.07, 6.45) is 13.1. The first-order chi connectivity index (χ1) is 14.3. The summed E-state index contributed by atoms with van der Waals surface area (Å²) in [5.41, 5.74) is 3.86. The number of nitrogens with zero attached hydrogens (tertiary/aromatic N) is 2. The van der Waals surface area contributed by atoms with Crippen molar-refractivity contribution in [1.29, 1.82) is 0 Å². The number of aliphatic hydroxyl groups excluding tert-OH is 2. The molecule has 30 heavy (non-hydrogen) atoms. The fraction of sp³-hybridized carbons (Fsp3) is 0.808. The summed E-state index contributed by atoms with van der Waals surface area (Å²) in [5.74, 6) is 2.76. The number of hydrogen-bond donors (Lipinski definition) is 2. The average molecular weight is 413 g/mol. The standard InChI is InChI=1S/C26H40N2O2/c1-5-28-15-18(16(2)27-28)12-17-13-23-21-7-6-19-14-20(29)8-10-25(19,3)22(21)9-11-26(23,4)24(17)30/h12,15,19-24,29-30H,5-11,13-14H2,1-4H3/b17-12+/t19-,20-,21-,22+,23+,24-,25-,26+/m0/s1. The fourth-order valence-electron chi connectivity index (χ4n) is 8.27. The van der Waals surface area contributed by atoms with Crippen LogP contribution in [0.4, 0.5) is 0 Å². The molecule has 0 unspecified atom stereocenters. The van der Waals surface area contributed by atoms with Crippen molar-refractivity contribution in [3.8, 4) is 0 Å². The maximum absolute atomic E-state index is 11.5. The zero-order valence-electron chi connectivity index (χ0n) is 19.3. The quantitative estimate of drug-likeness (QED) is 0.721. The highest BCUT2D eigenvalue weighted by molar-refractivity contribution is 5.56. The Hall–Kier alpha value is -1.13. The molecule has 4 nitrogen and oxygen atoms in total. The lowest BCUT2D eigenvalue weighted by molar-refractivity contribution is -0.133. The van der Waals surface area contributed by atoms with Gasteiger partial charge in [0.1, 0.15) is 0 Å². The van der Waals surface area contributed by atoms with E-state index in [1.807, 2.05) is 4.68 Å². The summed E-state index contributed by atoms with van der Waals surface area (Å²) < 4.78 is 1.99. The van der Waals surface area contributed by atoms with Gasteiger partial charge in [0.15, 0.2) is 0 Å². The van der Waals surface area contributed by atoms with E-state index in [0.29, 0.717) is 17.3 Å². The summed E-state index contributed by atoms with van der Waals surface area (Å²) in [5, 5.41) is 26.3. The lowest BCUT2D eigenvalue weighted by atomic mass is 9.45. The van der Waals surface area contributed by atoms with Crippen molar-refractivity contribution in [3.63, 3.8) is 0 Å². The Morgan fingerprint density at radius 2 is 1.87 bits per heavy atom. The largest absolute Gasteiger partial charge is 0.393 e. The zero-order chi connectivity index (χ0) is 21.3. The second-order valence-electron chi connectivity index (χ2n) is 11.5. The Kier molecular flexibility index (Phi) is 4.98. The van der Waals surface area contributed by atoms with Gasteiger partial charge >= 0.3 is 0 Å². The molecular weight excluding hydrogens is 372 g/mol. The first kappa shape index (κ1) is 20.8. The predicted octanol–water partition coefficient (Wildman–Crippen LogP) is 4.97. The highest BCUT2D eigenvalue weighted by atomic mass is 16.3. The van der Waals surface area contributed by atoms with E-state index < -0.39 is 0 Å². The van der Waals surface area contributed by atoms with Gasteiger partial charge in [-0.2, -0.15) is 5.10 Å². The molecule has 0 aliphatic heterocycles. The Bertz CT molecular complexity index is 844. The number of aryl methyl sites for hydroxylation is 2. The van der Waals surface area contributed by atoms with E-state index >= 15 is 0 Å². The van der Waals surface area contributed by atoms with Crippen LogP contribution in [0.2, 0.25) is 0 Å². The lowest BCUT2D eigenvalue weighted by Crippen LogP contribution is -2.54. The van der Waals surface area contributed by atoms with Gasteiger partial charge in [-0.25, -0.2) is 0 Å². The van der Waals surface area contributed by atoms with E-state index in [4.69, 9.17) is 0 Å². The van der Waals surface area contributed by atoms with Crippen molar-refractivity contribution < 1.29 is 10.2 Å². The molecule has 0 radical (unpaired) electrons. The van der Waals surface area contributed by atoms with Crippen LogP contribution in [0.15, 0.2) is 11.8 Å². The average Bonchev–Trinajstić information content (AvgIpc) is 3.20. The minimum absolute atomic E-state index is 0.0129. The summed E-state index contributed by atoms with van der Waals surface area (Å²) in [4.78, 5) is 0. The minimum atomic E-state index is -0.327. The molecule has 4 aliphatic carbocycles. The maximum Gasteiger partial charge on any atom is 0.0809 e. The molecule has 4 aliphatic rings. The summed E-state index contributed by atoms with van der Waals surface area (Å²) in [7, 11) is 0. The fourth-order valence-corrected chi connectivity index (χ4v) is 8.27. The van der Waals surface area contributed by atoms with Gasteiger partial charge in [0.25, 0.3) is 0 Å². The van der Waals surface area contributed by atoms with Crippen LogP contribution in [-0.2, 0) is 6.54 Å². The molecule has 0 aromatic carbocycles. The SMILES string of the molecule is CCn1cc(/C=C2\C[C@@H]3[C@H]4CC[C@H]5C[C@@H](O)CC[C@]5(C)[C@@H]4CC[C@@]3(C)[C@H]2O)c(C)n1. The van der Waals surface area contributed by atoms with Crippen LogP contribution >= 0.6 is 0 Å². The second kappa shape index (κ2) is 7.20. The van der Waals surface area contributed by atoms with Crippen molar-refractivity contribution in [1.82, 2.24) is 9.78 Å². The number of rotatable bonds is 2. The Morgan fingerprint density at radius 1 is 1.10 bits per heavy atom. The summed E-state index contributed by atoms with van der Waals surface area (Å²) in [6, 6.07) is 0. The predicted molar refractivity (Wildman–Crippen MR) is 120 cm³/mol. The molecule has 4 heteroatoms. The van der Waals surface area contributed by atoms with Crippen molar-refractivity contribution in [2.24, 2.45) is 34.5 Å². The van der Waals surface area contributed by atoms with E-state index in [-0.39, 0.29) is 17.6 Å². The molecule has 1 heterocycles. The Morgan fingerprint density at radius 3 is 2.60 bits per heavy atom. The van der Waals surface area contributed by atoms with Crippen LogP contribution in [0.3, 0.4) is 0 Å². The third-order valence-corrected chi connectivity index (χ3v) is 10.2. The van der Waals surface area contributed by atoms with E-state index in [2.05, 4.69) is 45.1 Å². The zero-order valence-corrected chi connectivity index (χ0v) is 19.3. The highest BCUT2D eigenvalue weighted by Gasteiger charge is 2.61. The Balaban J connectivity index is 1.44. The molecule has 4 fully saturated rings. The third-order valence-electron chi connectivity index (χ3n) is 10.2. The van der Waals surface area contributed by atoms with Gasteiger partial charge in [0, 0.05) is 23.7 Å². The third kappa shape index (κ3) is 2.97. The van der Waals surface area contributed by atoms with Crippen LogP contribution < -0.4 is 0 Å². The van der Waals surface area contributed by atoms with Crippen LogP contribution in [0.25, 0.3) is 6.08 Å². The number of aliphatic hydroxyl groups is 2. The molecule has 0 spiro atoms. The molecule has 1 aromatic rings. The molecule has 4 saturated carbocycles. The van der Waals surface area contributed by atoms with Gasteiger partial charge in [-0.3, -0.25) is 4.68 Å². The number of fused-ring (bicyclic) bond motifs is 5. The molecule has 2 N–H and O–H groups in total. The summed E-state index contributed by atoms with van der Waals surface area (Å²) in [6.45, 7) is 9.97. The van der Waals surface area contributed by atoms with Gasteiger partial charge in [0.2, 0.25) is 0 Å². The molecule has 5 rings (SSSR count). The van der Waals surface area contributed by atoms with Crippen molar-refractivity contribution in [2.75, 3.05) is 0 Å².